The number of furan rings is 1. The second kappa shape index (κ2) is 10.4. The molecule has 3 heteroatoms. The molecule has 1 aliphatic rings. The topological polar surface area (TPSA) is 22.4 Å². The van der Waals surface area contributed by atoms with Crippen LogP contribution >= 0.6 is 0 Å². The van der Waals surface area contributed by atoms with Crippen LogP contribution in [0.2, 0.25) is 0 Å². The van der Waals surface area contributed by atoms with Crippen molar-refractivity contribution in [1.82, 2.24) is 0 Å². The van der Waals surface area contributed by atoms with Crippen molar-refractivity contribution in [2.24, 2.45) is 0 Å². The van der Waals surface area contributed by atoms with Crippen molar-refractivity contribution in [3.05, 3.63) is 164 Å². The molecule has 0 atom stereocenters. The average molecular weight is 574 g/mol. The van der Waals surface area contributed by atoms with Crippen LogP contribution in [0.25, 0.3) is 55.3 Å². The molecular weight excluding hydrogens is 547 g/mol. The van der Waals surface area contributed by atoms with Gasteiger partial charge in [0, 0.05) is 16.3 Å². The zero-order valence-electron chi connectivity index (χ0n) is 24.5. The second-order valence-electron chi connectivity index (χ2n) is 11.6. The lowest BCUT2D eigenvalue weighted by molar-refractivity contribution is 0.487. The lowest BCUT2D eigenvalue weighted by Gasteiger charge is -2.30. The van der Waals surface area contributed by atoms with E-state index in [1.807, 2.05) is 12.1 Å². The fourth-order valence-corrected chi connectivity index (χ4v) is 7.03. The summed E-state index contributed by atoms with van der Waals surface area (Å²) >= 11 is 0. The molecule has 0 unspecified atom stereocenters. The minimum atomic E-state index is -0.0346. The van der Waals surface area contributed by atoms with E-state index in [0.717, 1.165) is 55.5 Å². The van der Waals surface area contributed by atoms with E-state index in [2.05, 4.69) is 152 Å². The third-order valence-electron chi connectivity index (χ3n) is 9.03. The van der Waals surface area contributed by atoms with Gasteiger partial charge in [0.1, 0.15) is 22.7 Å². The van der Waals surface area contributed by atoms with Crippen molar-refractivity contribution in [2.75, 3.05) is 0 Å². The van der Waals surface area contributed by atoms with Gasteiger partial charge in [0.25, 0.3) is 6.71 Å². The zero-order chi connectivity index (χ0) is 29.7. The lowest BCUT2D eigenvalue weighted by Crippen LogP contribution is -2.56. The second-order valence-corrected chi connectivity index (χ2v) is 11.6. The van der Waals surface area contributed by atoms with Gasteiger partial charge in [-0.1, -0.05) is 139 Å². The molecule has 1 aromatic heterocycles. The molecule has 2 nitrogen and oxygen atoms in total. The molecular formula is C42H27BO2. The monoisotopic (exact) mass is 574 g/mol. The van der Waals surface area contributed by atoms with E-state index in [9.17, 15) is 0 Å². The van der Waals surface area contributed by atoms with Crippen molar-refractivity contribution in [1.29, 1.82) is 0 Å². The fourth-order valence-electron chi connectivity index (χ4n) is 7.03. The van der Waals surface area contributed by atoms with Crippen LogP contribution in [0.5, 0.6) is 11.5 Å². The summed E-state index contributed by atoms with van der Waals surface area (Å²) in [7, 11) is 0. The molecule has 0 N–H and O–H groups in total. The Labute approximate surface area is 262 Å². The Bertz CT molecular complexity index is 2250. The highest BCUT2D eigenvalue weighted by atomic mass is 16.5. The highest BCUT2D eigenvalue weighted by molar-refractivity contribution is 6.98. The first-order valence-electron chi connectivity index (χ1n) is 15.4. The molecule has 0 fully saturated rings. The average Bonchev–Trinajstić information content (AvgIpc) is 3.50. The van der Waals surface area contributed by atoms with Gasteiger partial charge in [0.05, 0.1) is 0 Å². The highest BCUT2D eigenvalue weighted by Crippen LogP contribution is 2.39. The summed E-state index contributed by atoms with van der Waals surface area (Å²) in [6, 6.07) is 58.0. The Morgan fingerprint density at radius 1 is 0.400 bits per heavy atom. The van der Waals surface area contributed by atoms with Crippen LogP contribution in [0.15, 0.2) is 168 Å². The van der Waals surface area contributed by atoms with Crippen molar-refractivity contribution >= 4 is 45.0 Å². The van der Waals surface area contributed by atoms with Crippen LogP contribution < -0.4 is 21.1 Å². The van der Waals surface area contributed by atoms with E-state index in [1.165, 1.54) is 27.7 Å². The van der Waals surface area contributed by atoms with E-state index < -0.39 is 0 Å². The van der Waals surface area contributed by atoms with Gasteiger partial charge in [-0.3, -0.25) is 0 Å². The molecule has 0 aliphatic carbocycles. The van der Waals surface area contributed by atoms with Gasteiger partial charge in [-0.2, -0.15) is 0 Å². The highest BCUT2D eigenvalue weighted by Gasteiger charge is 2.36. The van der Waals surface area contributed by atoms with Crippen molar-refractivity contribution < 1.29 is 9.15 Å². The number of ether oxygens (including phenoxy) is 1. The number of hydrogen-bond acceptors (Lipinski definition) is 2. The van der Waals surface area contributed by atoms with Gasteiger partial charge in [0.15, 0.2) is 0 Å². The number of para-hydroxylation sites is 4. The van der Waals surface area contributed by atoms with E-state index in [1.54, 1.807) is 0 Å². The van der Waals surface area contributed by atoms with E-state index in [4.69, 9.17) is 9.15 Å². The van der Waals surface area contributed by atoms with Crippen LogP contribution in [0, 0.1) is 0 Å². The van der Waals surface area contributed by atoms with Crippen molar-refractivity contribution in [3.8, 4) is 44.9 Å². The molecule has 7 aromatic carbocycles. The summed E-state index contributed by atoms with van der Waals surface area (Å²) in [5.41, 5.74) is 12.3. The Morgan fingerprint density at radius 2 is 0.933 bits per heavy atom. The van der Waals surface area contributed by atoms with Crippen LogP contribution in [0.4, 0.5) is 0 Å². The van der Waals surface area contributed by atoms with Crippen LogP contribution in [0.1, 0.15) is 0 Å². The Morgan fingerprint density at radius 3 is 1.58 bits per heavy atom. The van der Waals surface area contributed by atoms with Gasteiger partial charge < -0.3 is 9.15 Å². The van der Waals surface area contributed by atoms with E-state index in [0.29, 0.717) is 0 Å². The van der Waals surface area contributed by atoms with Crippen LogP contribution in [0.3, 0.4) is 0 Å². The number of hydrogen-bond donors (Lipinski definition) is 0. The molecule has 0 bridgehead atoms. The number of rotatable bonds is 4. The predicted molar refractivity (Wildman–Crippen MR) is 188 cm³/mol. The molecule has 9 rings (SSSR count). The van der Waals surface area contributed by atoms with Gasteiger partial charge in [-0.15, -0.1) is 0 Å². The summed E-state index contributed by atoms with van der Waals surface area (Å²) < 4.78 is 13.0. The quantitative estimate of drug-likeness (QED) is 0.196. The van der Waals surface area contributed by atoms with Crippen molar-refractivity contribution in [2.45, 2.75) is 0 Å². The SMILES string of the molecule is c1ccc(-c2cc(-c3cccc4c3oc3ccccc34)cc(-c3ccccc3)c2B2c3ccccc3Oc3ccccc32)cc1. The van der Waals surface area contributed by atoms with Gasteiger partial charge in [0.2, 0.25) is 0 Å². The minimum absolute atomic E-state index is 0.0346. The maximum Gasteiger partial charge on any atom is 0.252 e. The van der Waals surface area contributed by atoms with Crippen molar-refractivity contribution in [3.63, 3.8) is 0 Å². The molecule has 0 spiro atoms. The Kier molecular flexibility index (Phi) is 5.95. The molecule has 0 amide bonds. The fraction of sp³-hybridized carbons (Fsp3) is 0. The molecule has 0 saturated carbocycles. The predicted octanol–water partition coefficient (Wildman–Crippen LogP) is 9.21. The maximum atomic E-state index is 6.55. The minimum Gasteiger partial charge on any atom is -0.458 e. The molecule has 2 heterocycles. The largest absolute Gasteiger partial charge is 0.458 e. The third kappa shape index (κ3) is 4.20. The number of benzene rings is 7. The smallest absolute Gasteiger partial charge is 0.252 e. The Hall–Kier alpha value is -5.80. The van der Waals surface area contributed by atoms with Gasteiger partial charge in [-0.05, 0) is 69.1 Å². The van der Waals surface area contributed by atoms with Gasteiger partial charge >= 0.3 is 0 Å². The summed E-state index contributed by atoms with van der Waals surface area (Å²) in [6.07, 6.45) is 0. The first-order valence-corrected chi connectivity index (χ1v) is 15.4. The maximum absolute atomic E-state index is 6.55. The van der Waals surface area contributed by atoms with Gasteiger partial charge in [-0.25, -0.2) is 0 Å². The van der Waals surface area contributed by atoms with E-state index in [-0.39, 0.29) is 6.71 Å². The summed E-state index contributed by atoms with van der Waals surface area (Å²) in [4.78, 5) is 0. The molecule has 0 radical (unpaired) electrons. The van der Waals surface area contributed by atoms with Crippen LogP contribution in [-0.4, -0.2) is 6.71 Å². The summed E-state index contributed by atoms with van der Waals surface area (Å²) in [6.45, 7) is -0.0346. The summed E-state index contributed by atoms with van der Waals surface area (Å²) in [5, 5.41) is 2.26. The molecule has 8 aromatic rings. The standard InChI is InChI=1S/C42H27BO2/c1-3-14-28(15-4-1)34-26-30(31-19-13-20-33-32-18-7-10-23-38(32)45-42(31)33)27-35(29-16-5-2-6-17-29)41(34)43-36-21-8-11-24-39(36)44-40-25-12-9-22-37(40)43/h1-27H. The normalized spacial score (nSPS) is 12.1. The third-order valence-corrected chi connectivity index (χ3v) is 9.03. The zero-order valence-corrected chi connectivity index (χ0v) is 24.5. The molecule has 210 valence electrons. The molecule has 1 aliphatic heterocycles. The molecule has 0 saturated heterocycles. The Balaban J connectivity index is 1.41. The first-order chi connectivity index (χ1) is 22.3. The first kappa shape index (κ1) is 25.7. The number of fused-ring (bicyclic) bond motifs is 5. The van der Waals surface area contributed by atoms with E-state index >= 15 is 0 Å². The summed E-state index contributed by atoms with van der Waals surface area (Å²) in [5.74, 6) is 1.80. The lowest BCUT2D eigenvalue weighted by atomic mass is 9.34. The van der Waals surface area contributed by atoms with Crippen LogP contribution in [-0.2, 0) is 0 Å². The molecule has 45 heavy (non-hydrogen) atoms.